The Hall–Kier alpha value is -1.58. The Morgan fingerprint density at radius 1 is 0.552 bits per heavy atom. The first-order valence-corrected chi connectivity index (χ1v) is 25.1. The predicted molar refractivity (Wildman–Crippen MR) is 242 cm³/mol. The number of hydrogen-bond acceptors (Lipinski definition) is 8. The number of unbranched alkanes of at least 4 members (excludes halogenated alkanes) is 23. The third kappa shape index (κ3) is 44.0. The zero-order chi connectivity index (χ0) is 42.5. The lowest BCUT2D eigenvalue weighted by Gasteiger charge is -2.20. The second-order valence-electron chi connectivity index (χ2n) is 15.7. The normalized spacial score (nSPS) is 14.4. The van der Waals surface area contributed by atoms with Gasteiger partial charge in [-0.3, -0.25) is 13.8 Å². The average molecular weight is 841 g/mol. The molecule has 0 bridgehead atoms. The highest BCUT2D eigenvalue weighted by Gasteiger charge is 2.26. The molecular formula is C48H89O9P. The van der Waals surface area contributed by atoms with Crippen LogP contribution < -0.4 is 0 Å². The zero-order valence-corrected chi connectivity index (χ0v) is 38.2. The molecule has 3 N–H and O–H groups in total. The summed E-state index contributed by atoms with van der Waals surface area (Å²) in [6.07, 6.45) is 50.9. The Morgan fingerprint density at radius 2 is 0.983 bits per heavy atom. The number of phosphoric acid groups is 1. The fourth-order valence-corrected chi connectivity index (χ4v) is 7.21. The van der Waals surface area contributed by atoms with Crippen molar-refractivity contribution in [2.24, 2.45) is 0 Å². The van der Waals surface area contributed by atoms with E-state index in [2.05, 4.69) is 62.5 Å². The molecule has 3 unspecified atom stereocenters. The number of allylic oxidation sites excluding steroid dienone is 8. The molecule has 0 rings (SSSR count). The highest BCUT2D eigenvalue weighted by atomic mass is 31.2. The van der Waals surface area contributed by atoms with E-state index >= 15 is 0 Å². The second-order valence-corrected chi connectivity index (χ2v) is 17.2. The lowest BCUT2D eigenvalue weighted by Crippen LogP contribution is -2.29. The van der Waals surface area contributed by atoms with Gasteiger partial charge in [-0.15, -0.1) is 0 Å². The number of carbonyl (C=O) groups excluding carboxylic acids is 1. The topological polar surface area (TPSA) is 132 Å². The van der Waals surface area contributed by atoms with Gasteiger partial charge in [0.15, 0.2) is 0 Å². The molecule has 340 valence electrons. The van der Waals surface area contributed by atoms with Crippen LogP contribution in [0.2, 0.25) is 0 Å². The molecule has 0 aliphatic rings. The molecule has 0 saturated heterocycles. The van der Waals surface area contributed by atoms with Crippen molar-refractivity contribution < 1.29 is 43.0 Å². The average Bonchev–Trinajstić information content (AvgIpc) is 3.21. The van der Waals surface area contributed by atoms with Crippen molar-refractivity contribution in [3.05, 3.63) is 48.6 Å². The minimum absolute atomic E-state index is 0.0369. The maximum Gasteiger partial charge on any atom is 0.472 e. The van der Waals surface area contributed by atoms with Gasteiger partial charge in [0, 0.05) is 13.0 Å². The first kappa shape index (κ1) is 56.4. The second kappa shape index (κ2) is 45.0. The van der Waals surface area contributed by atoms with Gasteiger partial charge in [0.05, 0.1) is 26.4 Å². The number of esters is 1. The van der Waals surface area contributed by atoms with Crippen LogP contribution in [-0.4, -0.2) is 66.3 Å². The Balaban J connectivity index is 4.05. The van der Waals surface area contributed by atoms with Gasteiger partial charge in [-0.05, 0) is 70.6 Å². The van der Waals surface area contributed by atoms with Crippen LogP contribution in [0.5, 0.6) is 0 Å². The van der Waals surface area contributed by atoms with Gasteiger partial charge in [0.2, 0.25) is 0 Å². The van der Waals surface area contributed by atoms with Crippen LogP contribution in [0.25, 0.3) is 0 Å². The predicted octanol–water partition coefficient (Wildman–Crippen LogP) is 13.4. The molecule has 9 nitrogen and oxygen atoms in total. The van der Waals surface area contributed by atoms with Crippen molar-refractivity contribution in [1.82, 2.24) is 0 Å². The largest absolute Gasteiger partial charge is 0.472 e. The Kier molecular flexibility index (Phi) is 43.7. The standard InChI is InChI=1S/C48H89O9P/c1-3-5-7-9-11-13-15-17-18-19-20-21-22-23-24-25-26-27-29-31-33-35-37-39-41-54-44-47(45-56-58(52,53)55-43-46(50)42-49)57-48(51)40-38-36-34-32-30-28-16-14-12-10-8-6-4-2/h6,8,12,14,19-20,28,30,46-47,49-50H,3-5,7,9-11,13,15-18,21-27,29,31-45H2,1-2H3,(H,52,53)/b8-6-,14-12-,20-19-,30-28-. The van der Waals surface area contributed by atoms with E-state index in [0.29, 0.717) is 13.0 Å². The van der Waals surface area contributed by atoms with Crippen molar-refractivity contribution in [2.45, 2.75) is 219 Å². The SMILES string of the molecule is CC/C=C\C/C=C\C/C=C\CCCCCC(=O)OC(COCCCCCCCCCCCCCC/C=C\CCCCCCCCCC)COP(=O)(O)OCC(O)CO. The molecule has 58 heavy (non-hydrogen) atoms. The molecule has 10 heteroatoms. The summed E-state index contributed by atoms with van der Waals surface area (Å²) < 4.78 is 33.4. The molecule has 3 atom stereocenters. The third-order valence-electron chi connectivity index (χ3n) is 10.00. The van der Waals surface area contributed by atoms with Crippen LogP contribution in [0.3, 0.4) is 0 Å². The van der Waals surface area contributed by atoms with Crippen LogP contribution in [-0.2, 0) is 27.9 Å². The molecular weight excluding hydrogens is 751 g/mol. The molecule has 0 amide bonds. The fraction of sp³-hybridized carbons (Fsp3) is 0.812. The van der Waals surface area contributed by atoms with Gasteiger partial charge in [-0.25, -0.2) is 4.57 Å². The van der Waals surface area contributed by atoms with Gasteiger partial charge in [0.1, 0.15) is 12.2 Å². The van der Waals surface area contributed by atoms with Gasteiger partial charge in [-0.1, -0.05) is 178 Å². The highest BCUT2D eigenvalue weighted by Crippen LogP contribution is 2.43. The number of ether oxygens (including phenoxy) is 2. The molecule has 0 radical (unpaired) electrons. The number of phosphoric ester groups is 1. The highest BCUT2D eigenvalue weighted by molar-refractivity contribution is 7.47. The van der Waals surface area contributed by atoms with E-state index in [0.717, 1.165) is 57.8 Å². The summed E-state index contributed by atoms with van der Waals surface area (Å²) >= 11 is 0. The van der Waals surface area contributed by atoms with Crippen molar-refractivity contribution >= 4 is 13.8 Å². The number of aliphatic hydroxyl groups is 2. The molecule has 0 aromatic carbocycles. The van der Waals surface area contributed by atoms with Crippen molar-refractivity contribution in [3.8, 4) is 0 Å². The maximum atomic E-state index is 12.6. The van der Waals surface area contributed by atoms with E-state index in [4.69, 9.17) is 23.6 Å². The molecule has 0 spiro atoms. The maximum absolute atomic E-state index is 12.6. The lowest BCUT2D eigenvalue weighted by atomic mass is 10.0. The molecule has 0 aromatic heterocycles. The first-order valence-electron chi connectivity index (χ1n) is 23.6. The monoisotopic (exact) mass is 841 g/mol. The van der Waals surface area contributed by atoms with Gasteiger partial charge >= 0.3 is 13.8 Å². The molecule has 0 saturated carbocycles. The van der Waals surface area contributed by atoms with Crippen LogP contribution in [0, 0.1) is 0 Å². The Labute approximate surface area is 356 Å². The van der Waals surface area contributed by atoms with E-state index in [1.807, 2.05) is 0 Å². The van der Waals surface area contributed by atoms with Crippen LogP contribution in [0.15, 0.2) is 48.6 Å². The van der Waals surface area contributed by atoms with Crippen LogP contribution >= 0.6 is 7.82 Å². The van der Waals surface area contributed by atoms with Gasteiger partial charge < -0.3 is 24.6 Å². The van der Waals surface area contributed by atoms with Crippen LogP contribution in [0.4, 0.5) is 0 Å². The summed E-state index contributed by atoms with van der Waals surface area (Å²) in [4.78, 5) is 22.6. The molecule has 0 heterocycles. The molecule has 0 aliphatic heterocycles. The summed E-state index contributed by atoms with van der Waals surface area (Å²) in [6, 6.07) is 0. The van der Waals surface area contributed by atoms with E-state index in [1.165, 1.54) is 122 Å². The molecule has 0 fully saturated rings. The minimum atomic E-state index is -4.53. The van der Waals surface area contributed by atoms with E-state index in [9.17, 15) is 19.4 Å². The summed E-state index contributed by atoms with van der Waals surface area (Å²) in [6.45, 7) is 3.37. The summed E-state index contributed by atoms with van der Waals surface area (Å²) in [7, 11) is -4.53. The third-order valence-corrected chi connectivity index (χ3v) is 10.9. The van der Waals surface area contributed by atoms with E-state index in [1.54, 1.807) is 0 Å². The van der Waals surface area contributed by atoms with E-state index in [-0.39, 0.29) is 19.6 Å². The van der Waals surface area contributed by atoms with Crippen LogP contribution in [0.1, 0.15) is 206 Å². The first-order chi connectivity index (χ1) is 28.3. The number of rotatable bonds is 45. The minimum Gasteiger partial charge on any atom is -0.457 e. The summed E-state index contributed by atoms with van der Waals surface area (Å²) in [5.74, 6) is -0.411. The summed E-state index contributed by atoms with van der Waals surface area (Å²) in [5.41, 5.74) is 0. The Bertz CT molecular complexity index is 1040. The van der Waals surface area contributed by atoms with E-state index < -0.39 is 39.2 Å². The van der Waals surface area contributed by atoms with Crippen molar-refractivity contribution in [3.63, 3.8) is 0 Å². The number of carbonyl (C=O) groups is 1. The number of hydrogen-bond donors (Lipinski definition) is 3. The van der Waals surface area contributed by atoms with Crippen molar-refractivity contribution in [1.29, 1.82) is 0 Å². The van der Waals surface area contributed by atoms with Gasteiger partial charge in [0.25, 0.3) is 0 Å². The number of aliphatic hydroxyl groups excluding tert-OH is 2. The van der Waals surface area contributed by atoms with Crippen molar-refractivity contribution in [2.75, 3.05) is 33.0 Å². The fourth-order valence-electron chi connectivity index (χ4n) is 6.42. The quantitative estimate of drug-likeness (QED) is 0.0237. The zero-order valence-electron chi connectivity index (χ0n) is 37.3. The van der Waals surface area contributed by atoms with Gasteiger partial charge in [-0.2, -0.15) is 0 Å². The smallest absolute Gasteiger partial charge is 0.457 e. The molecule has 0 aliphatic carbocycles. The lowest BCUT2D eigenvalue weighted by molar-refractivity contribution is -0.154. The Morgan fingerprint density at radius 3 is 1.50 bits per heavy atom. The molecule has 0 aromatic rings. The summed E-state index contributed by atoms with van der Waals surface area (Å²) in [5, 5.41) is 18.4.